The van der Waals surface area contributed by atoms with Gasteiger partial charge in [0.25, 0.3) is 0 Å². The molecule has 1 aromatic heterocycles. The Morgan fingerprint density at radius 3 is 2.78 bits per heavy atom. The molecule has 1 aromatic carbocycles. The zero-order valence-corrected chi connectivity index (χ0v) is 10.6. The van der Waals surface area contributed by atoms with Crippen LogP contribution >= 0.6 is 0 Å². The van der Waals surface area contributed by atoms with Gasteiger partial charge in [0.2, 0.25) is 0 Å². The Bertz CT molecular complexity index is 546. The van der Waals surface area contributed by atoms with Gasteiger partial charge in [0.15, 0.2) is 0 Å². The fourth-order valence-electron chi connectivity index (χ4n) is 1.87. The van der Waals surface area contributed by atoms with Crippen LogP contribution in [0.15, 0.2) is 36.7 Å². The number of aromatic nitrogens is 2. The third-order valence-corrected chi connectivity index (χ3v) is 2.86. The highest BCUT2D eigenvalue weighted by Gasteiger charge is 2.11. The molecule has 0 atom stereocenters. The molecule has 0 N–H and O–H groups in total. The maximum absolute atomic E-state index is 12.0. The molecule has 94 valence electrons. The summed E-state index contributed by atoms with van der Waals surface area (Å²) in [5.41, 5.74) is 0.916. The molecule has 18 heavy (non-hydrogen) atoms. The van der Waals surface area contributed by atoms with Crippen molar-refractivity contribution in [2.75, 3.05) is 7.11 Å². The number of ether oxygens (including phenoxy) is 1. The van der Waals surface area contributed by atoms with E-state index in [2.05, 4.69) is 4.98 Å². The van der Waals surface area contributed by atoms with Crippen molar-refractivity contribution in [1.29, 1.82) is 0 Å². The number of Topliss-reactive ketones (excluding diaryl/α,β-unsaturated/α-hetero) is 1. The largest absolute Gasteiger partial charge is 0.496 e. The lowest BCUT2D eigenvalue weighted by atomic mass is 10.1. The van der Waals surface area contributed by atoms with Crippen LogP contribution in [0.5, 0.6) is 5.75 Å². The number of methoxy groups -OCH3 is 1. The third kappa shape index (κ3) is 2.77. The van der Waals surface area contributed by atoms with Gasteiger partial charge in [-0.25, -0.2) is 4.98 Å². The minimum Gasteiger partial charge on any atom is -0.496 e. The van der Waals surface area contributed by atoms with Crippen molar-refractivity contribution >= 4 is 5.78 Å². The average molecular weight is 244 g/mol. The highest BCUT2D eigenvalue weighted by atomic mass is 16.5. The van der Waals surface area contributed by atoms with Crippen LogP contribution in [0.25, 0.3) is 0 Å². The number of carbonyl (C=O) groups is 1. The number of ketones is 1. The number of imidazole rings is 1. The van der Waals surface area contributed by atoms with Gasteiger partial charge < -0.3 is 9.30 Å². The molecule has 0 unspecified atom stereocenters. The number of hydrogen-bond donors (Lipinski definition) is 0. The van der Waals surface area contributed by atoms with Gasteiger partial charge in [-0.05, 0) is 6.07 Å². The zero-order valence-electron chi connectivity index (χ0n) is 10.6. The van der Waals surface area contributed by atoms with Crippen LogP contribution in [0.2, 0.25) is 0 Å². The van der Waals surface area contributed by atoms with E-state index in [0.717, 1.165) is 17.1 Å². The summed E-state index contributed by atoms with van der Waals surface area (Å²) < 4.78 is 7.09. The standard InChI is InChI=1S/C14H16N2O2/c1-16-8-7-15-14(16)10-12(17)9-11-5-3-4-6-13(11)18-2/h3-8H,9-10H2,1-2H3. The SMILES string of the molecule is COc1ccccc1CC(=O)Cc1nccn1C. The normalized spacial score (nSPS) is 10.3. The molecule has 0 amide bonds. The van der Waals surface area contributed by atoms with Crippen molar-refractivity contribution in [3.8, 4) is 5.75 Å². The van der Waals surface area contributed by atoms with Crippen molar-refractivity contribution in [1.82, 2.24) is 9.55 Å². The zero-order chi connectivity index (χ0) is 13.0. The molecule has 0 aliphatic rings. The van der Waals surface area contributed by atoms with Crippen LogP contribution in [0.4, 0.5) is 0 Å². The molecule has 0 aliphatic heterocycles. The molecule has 0 saturated carbocycles. The molecule has 0 saturated heterocycles. The van der Waals surface area contributed by atoms with E-state index >= 15 is 0 Å². The molecule has 0 aliphatic carbocycles. The summed E-state index contributed by atoms with van der Waals surface area (Å²) >= 11 is 0. The number of hydrogen-bond acceptors (Lipinski definition) is 3. The van der Waals surface area contributed by atoms with Crippen LogP contribution in [0, 0.1) is 0 Å². The summed E-state index contributed by atoms with van der Waals surface area (Å²) in [7, 11) is 3.50. The molecular weight excluding hydrogens is 228 g/mol. The smallest absolute Gasteiger partial charge is 0.144 e. The van der Waals surface area contributed by atoms with Gasteiger partial charge in [0, 0.05) is 31.4 Å². The molecule has 0 bridgehead atoms. The van der Waals surface area contributed by atoms with Crippen LogP contribution < -0.4 is 4.74 Å². The Morgan fingerprint density at radius 2 is 2.11 bits per heavy atom. The first-order valence-corrected chi connectivity index (χ1v) is 5.80. The number of aryl methyl sites for hydroxylation is 1. The van der Waals surface area contributed by atoms with E-state index in [1.807, 2.05) is 42.1 Å². The Balaban J connectivity index is 2.05. The van der Waals surface area contributed by atoms with Crippen molar-refractivity contribution in [2.45, 2.75) is 12.8 Å². The van der Waals surface area contributed by atoms with Crippen molar-refractivity contribution in [3.63, 3.8) is 0 Å². The van der Waals surface area contributed by atoms with E-state index in [9.17, 15) is 4.79 Å². The third-order valence-electron chi connectivity index (χ3n) is 2.86. The Morgan fingerprint density at radius 1 is 1.33 bits per heavy atom. The topological polar surface area (TPSA) is 44.1 Å². The lowest BCUT2D eigenvalue weighted by molar-refractivity contribution is -0.117. The second-order valence-corrected chi connectivity index (χ2v) is 4.16. The van der Waals surface area contributed by atoms with Crippen molar-refractivity contribution in [2.24, 2.45) is 7.05 Å². The van der Waals surface area contributed by atoms with E-state index in [4.69, 9.17) is 4.74 Å². The Hall–Kier alpha value is -2.10. The maximum atomic E-state index is 12.0. The fourth-order valence-corrected chi connectivity index (χ4v) is 1.87. The summed E-state index contributed by atoms with van der Waals surface area (Å²) in [6.45, 7) is 0. The van der Waals surface area contributed by atoms with Crippen LogP contribution in [0.3, 0.4) is 0 Å². The number of nitrogens with zero attached hydrogens (tertiary/aromatic N) is 2. The molecule has 2 aromatic rings. The highest BCUT2D eigenvalue weighted by Crippen LogP contribution is 2.18. The molecule has 4 heteroatoms. The number of para-hydroxylation sites is 1. The monoisotopic (exact) mass is 244 g/mol. The molecule has 4 nitrogen and oxygen atoms in total. The van der Waals surface area contributed by atoms with E-state index in [-0.39, 0.29) is 5.78 Å². The van der Waals surface area contributed by atoms with Gasteiger partial charge >= 0.3 is 0 Å². The molecule has 0 spiro atoms. The summed E-state index contributed by atoms with van der Waals surface area (Å²) in [4.78, 5) is 16.1. The summed E-state index contributed by atoms with van der Waals surface area (Å²) in [6.07, 6.45) is 4.26. The first-order chi connectivity index (χ1) is 8.70. The first-order valence-electron chi connectivity index (χ1n) is 5.80. The van der Waals surface area contributed by atoms with Crippen molar-refractivity contribution < 1.29 is 9.53 Å². The van der Waals surface area contributed by atoms with Gasteiger partial charge in [-0.15, -0.1) is 0 Å². The van der Waals surface area contributed by atoms with E-state index in [0.29, 0.717) is 12.8 Å². The minimum atomic E-state index is 0.133. The summed E-state index contributed by atoms with van der Waals surface area (Å²) in [5, 5.41) is 0. The van der Waals surface area contributed by atoms with Gasteiger partial charge in [0.1, 0.15) is 17.4 Å². The molecule has 1 heterocycles. The van der Waals surface area contributed by atoms with E-state index in [1.54, 1.807) is 13.3 Å². The Labute approximate surface area is 106 Å². The van der Waals surface area contributed by atoms with Crippen molar-refractivity contribution in [3.05, 3.63) is 48.0 Å². The lowest BCUT2D eigenvalue weighted by Crippen LogP contribution is -2.11. The summed E-state index contributed by atoms with van der Waals surface area (Å²) in [6, 6.07) is 7.58. The first kappa shape index (κ1) is 12.4. The number of carbonyl (C=O) groups excluding carboxylic acids is 1. The highest BCUT2D eigenvalue weighted by molar-refractivity contribution is 5.83. The quantitative estimate of drug-likeness (QED) is 0.805. The van der Waals surface area contributed by atoms with Gasteiger partial charge in [-0.1, -0.05) is 18.2 Å². The van der Waals surface area contributed by atoms with E-state index in [1.165, 1.54) is 0 Å². The second kappa shape index (κ2) is 5.49. The number of rotatable bonds is 5. The molecule has 0 radical (unpaired) electrons. The van der Waals surface area contributed by atoms with Crippen LogP contribution in [0.1, 0.15) is 11.4 Å². The fraction of sp³-hybridized carbons (Fsp3) is 0.286. The van der Waals surface area contributed by atoms with Gasteiger partial charge in [0.05, 0.1) is 13.5 Å². The second-order valence-electron chi connectivity index (χ2n) is 4.16. The molecular formula is C14H16N2O2. The predicted molar refractivity (Wildman–Crippen MR) is 68.6 cm³/mol. The predicted octanol–water partition coefficient (Wildman–Crippen LogP) is 1.78. The average Bonchev–Trinajstić information content (AvgIpc) is 2.75. The Kier molecular flexibility index (Phi) is 3.77. The van der Waals surface area contributed by atoms with Gasteiger partial charge in [-0.3, -0.25) is 4.79 Å². The maximum Gasteiger partial charge on any atom is 0.144 e. The molecule has 2 rings (SSSR count). The van der Waals surface area contributed by atoms with E-state index < -0.39 is 0 Å². The number of benzene rings is 1. The van der Waals surface area contributed by atoms with Crippen LogP contribution in [-0.2, 0) is 24.7 Å². The van der Waals surface area contributed by atoms with Gasteiger partial charge in [-0.2, -0.15) is 0 Å². The minimum absolute atomic E-state index is 0.133. The summed E-state index contributed by atoms with van der Waals surface area (Å²) in [5.74, 6) is 1.68. The molecule has 0 fully saturated rings. The van der Waals surface area contributed by atoms with Crippen LogP contribution in [-0.4, -0.2) is 22.4 Å². The lowest BCUT2D eigenvalue weighted by Gasteiger charge is -2.07.